The van der Waals surface area contributed by atoms with Crippen LogP contribution in [0.3, 0.4) is 0 Å². The van der Waals surface area contributed by atoms with Crippen LogP contribution in [0.1, 0.15) is 18.2 Å². The maximum absolute atomic E-state index is 5.70. The number of ether oxygens (including phenoxy) is 1. The lowest BCUT2D eigenvalue weighted by atomic mass is 10.1. The number of hydrogen-bond acceptors (Lipinski definition) is 3. The number of nitrogens with zero attached hydrogens (tertiary/aromatic N) is 1. The number of fused-ring (bicyclic) bond motifs is 1. The fourth-order valence-electron chi connectivity index (χ4n) is 2.62. The molecule has 0 radical (unpaired) electrons. The van der Waals surface area contributed by atoms with Gasteiger partial charge in [-0.3, -0.25) is 4.98 Å². The average molecular weight is 329 g/mol. The van der Waals surface area contributed by atoms with Gasteiger partial charge in [-0.25, -0.2) is 0 Å². The number of aromatic nitrogens is 1. The first kappa shape index (κ1) is 17.1. The maximum Gasteiger partial charge on any atom is 0.142 e. The molecule has 0 amide bonds. The molecular weight excluding hydrogens is 308 g/mol. The molecule has 23 heavy (non-hydrogen) atoms. The van der Waals surface area contributed by atoms with E-state index < -0.39 is 0 Å². The quantitative estimate of drug-likeness (QED) is 0.694. The smallest absolute Gasteiger partial charge is 0.142 e. The minimum absolute atomic E-state index is 0. The van der Waals surface area contributed by atoms with Crippen LogP contribution in [0.25, 0.3) is 10.9 Å². The molecule has 1 heterocycles. The number of anilines is 2. The van der Waals surface area contributed by atoms with Crippen molar-refractivity contribution in [3.05, 3.63) is 59.8 Å². The van der Waals surface area contributed by atoms with Crippen LogP contribution >= 0.6 is 12.4 Å². The van der Waals surface area contributed by atoms with Crippen LogP contribution in [-0.2, 0) is 0 Å². The zero-order chi connectivity index (χ0) is 15.5. The van der Waals surface area contributed by atoms with Gasteiger partial charge in [0.05, 0.1) is 17.8 Å². The number of halogens is 1. The van der Waals surface area contributed by atoms with E-state index in [4.69, 9.17) is 4.74 Å². The van der Waals surface area contributed by atoms with Gasteiger partial charge in [-0.2, -0.15) is 0 Å². The van der Waals surface area contributed by atoms with Gasteiger partial charge in [0.15, 0.2) is 0 Å². The molecule has 2 aromatic carbocycles. The second kappa shape index (κ2) is 7.34. The van der Waals surface area contributed by atoms with E-state index in [2.05, 4.69) is 41.5 Å². The van der Waals surface area contributed by atoms with Crippen LogP contribution in [0.5, 0.6) is 5.75 Å². The van der Waals surface area contributed by atoms with Crippen LogP contribution in [0, 0.1) is 13.8 Å². The number of benzene rings is 2. The van der Waals surface area contributed by atoms with E-state index in [0.717, 1.165) is 33.7 Å². The predicted octanol–water partition coefficient (Wildman–Crippen LogP) is 5.42. The zero-order valence-corrected chi connectivity index (χ0v) is 14.4. The molecule has 120 valence electrons. The van der Waals surface area contributed by atoms with Gasteiger partial charge < -0.3 is 10.1 Å². The summed E-state index contributed by atoms with van der Waals surface area (Å²) in [6.07, 6.45) is 0. The van der Waals surface area contributed by atoms with Crippen molar-refractivity contribution in [2.75, 3.05) is 11.9 Å². The Balaban J connectivity index is 0.00000192. The highest BCUT2D eigenvalue weighted by Crippen LogP contribution is 2.32. The maximum atomic E-state index is 5.70. The third-order valence-corrected chi connectivity index (χ3v) is 3.63. The van der Waals surface area contributed by atoms with Crippen molar-refractivity contribution in [1.82, 2.24) is 4.98 Å². The van der Waals surface area contributed by atoms with Crippen molar-refractivity contribution >= 4 is 34.7 Å². The number of nitrogens with one attached hydrogen (secondary N) is 1. The van der Waals surface area contributed by atoms with Crippen LogP contribution in [0.15, 0.2) is 48.5 Å². The molecule has 0 spiro atoms. The molecule has 1 N–H and O–H groups in total. The molecule has 0 aliphatic rings. The van der Waals surface area contributed by atoms with E-state index in [1.165, 1.54) is 5.56 Å². The molecular formula is C19H21ClN2O. The van der Waals surface area contributed by atoms with E-state index in [9.17, 15) is 0 Å². The van der Waals surface area contributed by atoms with Gasteiger partial charge in [0, 0.05) is 16.8 Å². The molecule has 1 aromatic heterocycles. The van der Waals surface area contributed by atoms with Crippen molar-refractivity contribution in [2.45, 2.75) is 20.8 Å². The first-order valence-electron chi connectivity index (χ1n) is 7.55. The monoisotopic (exact) mass is 328 g/mol. The Labute approximate surface area is 143 Å². The Morgan fingerprint density at radius 2 is 1.78 bits per heavy atom. The molecule has 0 saturated carbocycles. The summed E-state index contributed by atoms with van der Waals surface area (Å²) in [5.41, 5.74) is 5.25. The lowest BCUT2D eigenvalue weighted by Gasteiger charge is -2.15. The minimum Gasteiger partial charge on any atom is -0.492 e. The van der Waals surface area contributed by atoms with E-state index >= 15 is 0 Å². The lowest BCUT2D eigenvalue weighted by molar-refractivity contribution is 0.342. The summed E-state index contributed by atoms with van der Waals surface area (Å²) >= 11 is 0. The standard InChI is InChI=1S/C19H20N2O.ClH/c1-4-22-18-11-6-5-10-16(18)21-17-12-14(3)20-19-13(2)8-7-9-15(17)19;/h5-12H,4H2,1-3H3,(H,20,21);1H. The number of hydrogen-bond donors (Lipinski definition) is 1. The Hall–Kier alpha value is -2.26. The highest BCUT2D eigenvalue weighted by atomic mass is 35.5. The van der Waals surface area contributed by atoms with Crippen LogP contribution in [0.4, 0.5) is 11.4 Å². The van der Waals surface area contributed by atoms with Crippen molar-refractivity contribution < 1.29 is 4.74 Å². The SMILES string of the molecule is CCOc1ccccc1Nc1cc(C)nc2c(C)cccc12.Cl. The fraction of sp³-hybridized carbons (Fsp3) is 0.211. The van der Waals surface area contributed by atoms with Crippen molar-refractivity contribution in [3.63, 3.8) is 0 Å². The summed E-state index contributed by atoms with van der Waals surface area (Å²) in [5, 5.41) is 4.63. The van der Waals surface area contributed by atoms with Gasteiger partial charge in [0.1, 0.15) is 5.75 Å². The molecule has 0 fully saturated rings. The van der Waals surface area contributed by atoms with Crippen molar-refractivity contribution in [3.8, 4) is 5.75 Å². The average Bonchev–Trinajstić information content (AvgIpc) is 2.50. The minimum atomic E-state index is 0. The summed E-state index contributed by atoms with van der Waals surface area (Å²) in [4.78, 5) is 4.66. The molecule has 3 rings (SSSR count). The van der Waals surface area contributed by atoms with E-state index in [1.807, 2.05) is 38.1 Å². The van der Waals surface area contributed by atoms with Gasteiger partial charge in [0.25, 0.3) is 0 Å². The normalized spacial score (nSPS) is 10.2. The van der Waals surface area contributed by atoms with Crippen molar-refractivity contribution in [2.24, 2.45) is 0 Å². The lowest BCUT2D eigenvalue weighted by Crippen LogP contribution is -1.99. The number of pyridine rings is 1. The van der Waals surface area contributed by atoms with Crippen molar-refractivity contribution in [1.29, 1.82) is 0 Å². The fourth-order valence-corrected chi connectivity index (χ4v) is 2.62. The molecule has 3 nitrogen and oxygen atoms in total. The van der Waals surface area contributed by atoms with E-state index in [0.29, 0.717) is 6.61 Å². The molecule has 0 atom stereocenters. The first-order valence-corrected chi connectivity index (χ1v) is 7.55. The molecule has 0 bridgehead atoms. The van der Waals surface area contributed by atoms with Gasteiger partial charge in [-0.05, 0) is 44.5 Å². The molecule has 0 saturated heterocycles. The predicted molar refractivity (Wildman–Crippen MR) is 99.4 cm³/mol. The van der Waals surface area contributed by atoms with Crippen LogP contribution < -0.4 is 10.1 Å². The Morgan fingerprint density at radius 3 is 2.57 bits per heavy atom. The van der Waals surface area contributed by atoms with Crippen LogP contribution in [-0.4, -0.2) is 11.6 Å². The van der Waals surface area contributed by atoms with Gasteiger partial charge in [0.2, 0.25) is 0 Å². The third-order valence-electron chi connectivity index (χ3n) is 3.63. The summed E-state index contributed by atoms with van der Waals surface area (Å²) in [5.74, 6) is 0.861. The molecule has 4 heteroatoms. The Kier molecular flexibility index (Phi) is 5.45. The highest BCUT2D eigenvalue weighted by Gasteiger charge is 2.08. The number of para-hydroxylation sites is 3. The second-order valence-corrected chi connectivity index (χ2v) is 5.34. The second-order valence-electron chi connectivity index (χ2n) is 5.34. The van der Waals surface area contributed by atoms with Gasteiger partial charge in [-0.15, -0.1) is 12.4 Å². The van der Waals surface area contributed by atoms with Gasteiger partial charge >= 0.3 is 0 Å². The molecule has 0 aliphatic carbocycles. The highest BCUT2D eigenvalue weighted by molar-refractivity contribution is 5.95. The Bertz CT molecular complexity index is 818. The summed E-state index contributed by atoms with van der Waals surface area (Å²) in [7, 11) is 0. The topological polar surface area (TPSA) is 34.1 Å². The Morgan fingerprint density at radius 1 is 1.00 bits per heavy atom. The third kappa shape index (κ3) is 3.57. The van der Waals surface area contributed by atoms with E-state index in [-0.39, 0.29) is 12.4 Å². The first-order chi connectivity index (χ1) is 10.7. The number of aryl methyl sites for hydroxylation is 2. The largest absolute Gasteiger partial charge is 0.492 e. The summed E-state index contributed by atoms with van der Waals surface area (Å²) < 4.78 is 5.70. The van der Waals surface area contributed by atoms with Crippen LogP contribution in [0.2, 0.25) is 0 Å². The van der Waals surface area contributed by atoms with E-state index in [1.54, 1.807) is 0 Å². The molecule has 3 aromatic rings. The number of rotatable bonds is 4. The molecule has 0 unspecified atom stereocenters. The zero-order valence-electron chi connectivity index (χ0n) is 13.6. The van der Waals surface area contributed by atoms with Gasteiger partial charge in [-0.1, -0.05) is 30.3 Å². The summed E-state index contributed by atoms with van der Waals surface area (Å²) in [6.45, 7) is 6.75. The molecule has 0 aliphatic heterocycles. The summed E-state index contributed by atoms with van der Waals surface area (Å²) in [6, 6.07) is 16.3.